The zero-order chi connectivity index (χ0) is 13.4. The highest BCUT2D eigenvalue weighted by molar-refractivity contribution is 5.76. The molecule has 0 aliphatic rings. The summed E-state index contributed by atoms with van der Waals surface area (Å²) in [7, 11) is 1.63. The lowest BCUT2D eigenvalue weighted by molar-refractivity contribution is -0.121. The van der Waals surface area contributed by atoms with Gasteiger partial charge in [-0.1, -0.05) is 38.1 Å². The molecule has 0 fully saturated rings. The van der Waals surface area contributed by atoms with Crippen LogP contribution in [0, 0.1) is 0 Å². The molecule has 3 nitrogen and oxygen atoms in total. The molecule has 1 aromatic rings. The summed E-state index contributed by atoms with van der Waals surface area (Å²) in [6.07, 6.45) is 1.32. The van der Waals surface area contributed by atoms with Gasteiger partial charge in [-0.05, 0) is 23.5 Å². The van der Waals surface area contributed by atoms with Gasteiger partial charge in [0.1, 0.15) is 0 Å². The van der Waals surface area contributed by atoms with Crippen LogP contribution in [0.25, 0.3) is 0 Å². The van der Waals surface area contributed by atoms with Crippen molar-refractivity contribution in [3.63, 3.8) is 0 Å². The molecule has 1 rings (SSSR count). The standard InChI is InChI=1S/C15H23NO2/c1-12(2)14-7-4-13(5-8-14)6-9-15(17)16-10-11-18-3/h4-5,7-8,12H,6,9-11H2,1-3H3,(H,16,17). The molecule has 0 spiro atoms. The molecule has 0 heterocycles. The fraction of sp³-hybridized carbons (Fsp3) is 0.533. The van der Waals surface area contributed by atoms with Gasteiger partial charge >= 0.3 is 0 Å². The number of aryl methyl sites for hydroxylation is 1. The van der Waals surface area contributed by atoms with Crippen LogP contribution in [0.2, 0.25) is 0 Å². The smallest absolute Gasteiger partial charge is 0.220 e. The second kappa shape index (κ2) is 7.88. The van der Waals surface area contributed by atoms with E-state index in [1.807, 2.05) is 0 Å². The first-order valence-electron chi connectivity index (χ1n) is 6.48. The van der Waals surface area contributed by atoms with Crippen LogP contribution in [-0.4, -0.2) is 26.2 Å². The van der Waals surface area contributed by atoms with E-state index >= 15 is 0 Å². The minimum absolute atomic E-state index is 0.0833. The van der Waals surface area contributed by atoms with Gasteiger partial charge in [-0.3, -0.25) is 4.79 Å². The average molecular weight is 249 g/mol. The Kier molecular flexibility index (Phi) is 6.44. The number of rotatable bonds is 7. The van der Waals surface area contributed by atoms with Crippen molar-refractivity contribution in [3.8, 4) is 0 Å². The van der Waals surface area contributed by atoms with Crippen LogP contribution in [0.15, 0.2) is 24.3 Å². The lowest BCUT2D eigenvalue weighted by atomic mass is 10.0. The third kappa shape index (κ3) is 5.32. The molecule has 1 amide bonds. The van der Waals surface area contributed by atoms with Gasteiger partial charge in [0.05, 0.1) is 6.61 Å². The maximum atomic E-state index is 11.5. The molecule has 1 N–H and O–H groups in total. The number of ether oxygens (including phenoxy) is 1. The van der Waals surface area contributed by atoms with Crippen LogP contribution in [0.4, 0.5) is 0 Å². The van der Waals surface area contributed by atoms with Crippen LogP contribution in [0.3, 0.4) is 0 Å². The molecular weight excluding hydrogens is 226 g/mol. The Bertz CT molecular complexity index is 357. The number of carbonyl (C=O) groups excluding carboxylic acids is 1. The third-order valence-electron chi connectivity index (χ3n) is 2.92. The Balaban J connectivity index is 2.32. The van der Waals surface area contributed by atoms with Crippen LogP contribution < -0.4 is 5.32 Å². The average Bonchev–Trinajstić information content (AvgIpc) is 2.37. The summed E-state index contributed by atoms with van der Waals surface area (Å²) < 4.78 is 4.88. The summed E-state index contributed by atoms with van der Waals surface area (Å²) in [6.45, 7) is 5.51. The maximum absolute atomic E-state index is 11.5. The second-order valence-corrected chi connectivity index (χ2v) is 4.74. The molecule has 0 aliphatic heterocycles. The number of carbonyl (C=O) groups is 1. The van der Waals surface area contributed by atoms with Gasteiger partial charge < -0.3 is 10.1 Å². The molecule has 0 aromatic heterocycles. The third-order valence-corrected chi connectivity index (χ3v) is 2.92. The number of hydrogen-bond donors (Lipinski definition) is 1. The topological polar surface area (TPSA) is 38.3 Å². The van der Waals surface area contributed by atoms with Crippen molar-refractivity contribution < 1.29 is 9.53 Å². The first-order chi connectivity index (χ1) is 8.63. The largest absolute Gasteiger partial charge is 0.383 e. The first-order valence-corrected chi connectivity index (χ1v) is 6.48. The molecule has 1 aromatic carbocycles. The van der Waals surface area contributed by atoms with Crippen molar-refractivity contribution in [2.24, 2.45) is 0 Å². The zero-order valence-electron chi connectivity index (χ0n) is 11.5. The van der Waals surface area contributed by atoms with E-state index in [-0.39, 0.29) is 5.91 Å². The predicted molar refractivity (Wildman–Crippen MR) is 73.7 cm³/mol. The minimum atomic E-state index is 0.0833. The number of nitrogens with one attached hydrogen (secondary N) is 1. The molecule has 0 saturated carbocycles. The van der Waals surface area contributed by atoms with Crippen molar-refractivity contribution in [2.75, 3.05) is 20.3 Å². The molecule has 3 heteroatoms. The molecule has 0 saturated heterocycles. The van der Waals surface area contributed by atoms with E-state index in [1.165, 1.54) is 11.1 Å². The van der Waals surface area contributed by atoms with Crippen LogP contribution in [-0.2, 0) is 16.0 Å². The molecule has 0 unspecified atom stereocenters. The van der Waals surface area contributed by atoms with Crippen LogP contribution in [0.1, 0.15) is 37.3 Å². The van der Waals surface area contributed by atoms with Crippen molar-refractivity contribution in [3.05, 3.63) is 35.4 Å². The molecule has 0 bridgehead atoms. The fourth-order valence-electron chi connectivity index (χ4n) is 1.71. The Hall–Kier alpha value is -1.35. The van der Waals surface area contributed by atoms with E-state index in [2.05, 4.69) is 43.4 Å². The summed E-state index contributed by atoms with van der Waals surface area (Å²) in [6, 6.07) is 8.50. The summed E-state index contributed by atoms with van der Waals surface area (Å²) in [5.41, 5.74) is 2.55. The maximum Gasteiger partial charge on any atom is 0.220 e. The van der Waals surface area contributed by atoms with Crippen molar-refractivity contribution >= 4 is 5.91 Å². The monoisotopic (exact) mass is 249 g/mol. The van der Waals surface area contributed by atoms with Gasteiger partial charge in [-0.25, -0.2) is 0 Å². The summed E-state index contributed by atoms with van der Waals surface area (Å²) in [4.78, 5) is 11.5. The lowest BCUT2D eigenvalue weighted by Crippen LogP contribution is -2.27. The number of benzene rings is 1. The Morgan fingerprint density at radius 1 is 1.28 bits per heavy atom. The van der Waals surface area contributed by atoms with Crippen LogP contribution >= 0.6 is 0 Å². The van der Waals surface area contributed by atoms with Gasteiger partial charge in [0, 0.05) is 20.1 Å². The van der Waals surface area contributed by atoms with E-state index < -0.39 is 0 Å². The van der Waals surface area contributed by atoms with E-state index in [0.717, 1.165) is 6.42 Å². The van der Waals surface area contributed by atoms with Gasteiger partial charge in [0.25, 0.3) is 0 Å². The molecule has 0 radical (unpaired) electrons. The molecule has 0 atom stereocenters. The van der Waals surface area contributed by atoms with Gasteiger partial charge in [-0.2, -0.15) is 0 Å². The normalized spacial score (nSPS) is 10.7. The van der Waals surface area contributed by atoms with Crippen molar-refractivity contribution in [1.82, 2.24) is 5.32 Å². The van der Waals surface area contributed by atoms with E-state index in [1.54, 1.807) is 7.11 Å². The Morgan fingerprint density at radius 2 is 1.94 bits per heavy atom. The quantitative estimate of drug-likeness (QED) is 0.754. The zero-order valence-corrected chi connectivity index (χ0v) is 11.5. The summed E-state index contributed by atoms with van der Waals surface area (Å²) in [5, 5.41) is 2.82. The lowest BCUT2D eigenvalue weighted by Gasteiger charge is -2.07. The highest BCUT2D eigenvalue weighted by atomic mass is 16.5. The summed E-state index contributed by atoms with van der Waals surface area (Å²) in [5.74, 6) is 0.636. The van der Waals surface area contributed by atoms with E-state index in [0.29, 0.717) is 25.5 Å². The highest BCUT2D eigenvalue weighted by Gasteiger charge is 2.03. The fourth-order valence-corrected chi connectivity index (χ4v) is 1.71. The predicted octanol–water partition coefficient (Wildman–Crippen LogP) is 2.51. The molecular formula is C15H23NO2. The number of hydrogen-bond acceptors (Lipinski definition) is 2. The highest BCUT2D eigenvalue weighted by Crippen LogP contribution is 2.15. The first kappa shape index (κ1) is 14.7. The molecule has 18 heavy (non-hydrogen) atoms. The summed E-state index contributed by atoms with van der Waals surface area (Å²) >= 11 is 0. The SMILES string of the molecule is COCCNC(=O)CCc1ccc(C(C)C)cc1. The van der Waals surface area contributed by atoms with Gasteiger partial charge in [0.15, 0.2) is 0 Å². The Labute approximate surface area is 110 Å². The number of methoxy groups -OCH3 is 1. The van der Waals surface area contributed by atoms with Crippen LogP contribution in [0.5, 0.6) is 0 Å². The van der Waals surface area contributed by atoms with Crippen molar-refractivity contribution in [2.45, 2.75) is 32.6 Å². The Morgan fingerprint density at radius 3 is 2.50 bits per heavy atom. The van der Waals surface area contributed by atoms with Gasteiger partial charge in [0.2, 0.25) is 5.91 Å². The number of amides is 1. The molecule has 100 valence electrons. The van der Waals surface area contributed by atoms with E-state index in [4.69, 9.17) is 4.74 Å². The van der Waals surface area contributed by atoms with E-state index in [9.17, 15) is 4.79 Å². The second-order valence-electron chi connectivity index (χ2n) is 4.74. The minimum Gasteiger partial charge on any atom is -0.383 e. The molecule has 0 aliphatic carbocycles. The van der Waals surface area contributed by atoms with Gasteiger partial charge in [-0.15, -0.1) is 0 Å². The van der Waals surface area contributed by atoms with Crippen molar-refractivity contribution in [1.29, 1.82) is 0 Å².